The molecule has 1 amide bonds. The number of nitrogens with two attached hydrogens (primary N) is 1. The third-order valence-electron chi connectivity index (χ3n) is 1.98. The van der Waals surface area contributed by atoms with Crippen LogP contribution in [0.2, 0.25) is 0 Å². The van der Waals surface area contributed by atoms with Gasteiger partial charge in [0.05, 0.1) is 6.61 Å². The third-order valence-corrected chi connectivity index (χ3v) is 1.98. The molecule has 0 saturated carbocycles. The monoisotopic (exact) mass is 212 g/mol. The van der Waals surface area contributed by atoms with Crippen molar-refractivity contribution in [2.45, 2.75) is 12.6 Å². The van der Waals surface area contributed by atoms with Crippen molar-refractivity contribution in [1.82, 2.24) is 5.32 Å². The fraction of sp³-hybridized carbons (Fsp3) is 0.857. The molecule has 0 radical (unpaired) electrons. The summed E-state index contributed by atoms with van der Waals surface area (Å²) in [4.78, 5) is 10.2. The molecule has 1 aliphatic heterocycles. The first-order valence-corrected chi connectivity index (χ1v) is 3.97. The van der Waals surface area contributed by atoms with Crippen molar-refractivity contribution in [2.75, 3.05) is 19.7 Å². The van der Waals surface area contributed by atoms with Crippen molar-refractivity contribution in [3.8, 4) is 0 Å². The first-order valence-electron chi connectivity index (χ1n) is 3.97. The second-order valence-electron chi connectivity index (χ2n) is 2.90. The zero-order chi connectivity index (χ0) is 8.97. The van der Waals surface area contributed by atoms with E-state index in [0.29, 0.717) is 13.0 Å². The predicted octanol–water partition coefficient (Wildman–Crippen LogP) is 0.451. The van der Waals surface area contributed by atoms with E-state index in [2.05, 4.69) is 10.1 Å². The van der Waals surface area contributed by atoms with Gasteiger partial charge in [0.15, 0.2) is 0 Å². The Bertz CT molecular complexity index is 171. The molecule has 0 aromatic carbocycles. The van der Waals surface area contributed by atoms with Gasteiger partial charge in [-0.15, -0.1) is 12.4 Å². The molecule has 78 valence electrons. The Labute approximate surface area is 82.4 Å². The number of nitrogens with one attached hydrogen (secondary N) is 1. The number of hydrogen-bond acceptors (Lipinski definition) is 3. The number of rotatable bonds is 2. The van der Waals surface area contributed by atoms with Crippen molar-refractivity contribution in [1.29, 1.82) is 0 Å². The molecule has 0 aromatic rings. The molecule has 1 rings (SSSR count). The Morgan fingerprint density at radius 2 is 2.38 bits per heavy atom. The minimum atomic E-state index is -0.932. The van der Waals surface area contributed by atoms with Crippen LogP contribution in [-0.2, 0) is 4.74 Å². The van der Waals surface area contributed by atoms with Gasteiger partial charge >= 0.3 is 6.09 Å². The Hall–Kier alpha value is -0.550. The van der Waals surface area contributed by atoms with E-state index >= 15 is 0 Å². The van der Waals surface area contributed by atoms with Crippen LogP contribution in [0.25, 0.3) is 0 Å². The first-order chi connectivity index (χ1) is 5.70. The molecule has 4 nitrogen and oxygen atoms in total. The highest BCUT2D eigenvalue weighted by Crippen LogP contribution is 2.15. The number of carbonyl (C=O) groups excluding carboxylic acids is 1. The van der Waals surface area contributed by atoms with Crippen LogP contribution < -0.4 is 11.1 Å². The summed E-state index contributed by atoms with van der Waals surface area (Å²) < 4.78 is 17.5. The largest absolute Gasteiger partial charge is 0.449 e. The summed E-state index contributed by atoms with van der Waals surface area (Å²) in [7, 11) is 0. The molecule has 0 bridgehead atoms. The molecule has 0 unspecified atom stereocenters. The van der Waals surface area contributed by atoms with E-state index in [0.717, 1.165) is 6.54 Å². The molecule has 1 aliphatic rings. The number of ether oxygens (including phenoxy) is 1. The van der Waals surface area contributed by atoms with Gasteiger partial charge in [-0.05, 0) is 13.0 Å². The quantitative estimate of drug-likeness (QED) is 0.699. The summed E-state index contributed by atoms with van der Waals surface area (Å²) in [5.74, 6) is -0.196. The first kappa shape index (κ1) is 12.4. The van der Waals surface area contributed by atoms with E-state index in [1.165, 1.54) is 0 Å². The number of hydrogen-bond donors (Lipinski definition) is 2. The maximum absolute atomic E-state index is 13.0. The number of piperidine rings is 1. The van der Waals surface area contributed by atoms with E-state index in [1.807, 2.05) is 0 Å². The van der Waals surface area contributed by atoms with Gasteiger partial charge in [0.1, 0.15) is 6.17 Å². The van der Waals surface area contributed by atoms with Crippen molar-refractivity contribution in [3.63, 3.8) is 0 Å². The van der Waals surface area contributed by atoms with Crippen LogP contribution in [0.1, 0.15) is 6.42 Å². The second-order valence-corrected chi connectivity index (χ2v) is 2.90. The van der Waals surface area contributed by atoms with Crippen molar-refractivity contribution in [2.24, 2.45) is 11.7 Å². The Kier molecular flexibility index (Phi) is 5.73. The van der Waals surface area contributed by atoms with Crippen LogP contribution in [0.5, 0.6) is 0 Å². The lowest BCUT2D eigenvalue weighted by Gasteiger charge is -2.25. The Balaban J connectivity index is 0.00000144. The van der Waals surface area contributed by atoms with Gasteiger partial charge in [-0.3, -0.25) is 0 Å². The minimum Gasteiger partial charge on any atom is -0.449 e. The van der Waals surface area contributed by atoms with Gasteiger partial charge < -0.3 is 15.8 Å². The van der Waals surface area contributed by atoms with Gasteiger partial charge in [-0.25, -0.2) is 9.18 Å². The summed E-state index contributed by atoms with van der Waals surface area (Å²) in [5, 5.41) is 2.91. The number of carbonyl (C=O) groups is 1. The van der Waals surface area contributed by atoms with Crippen molar-refractivity contribution in [3.05, 3.63) is 0 Å². The molecule has 2 atom stereocenters. The highest BCUT2D eigenvalue weighted by atomic mass is 35.5. The minimum absolute atomic E-state index is 0. The molecule has 1 fully saturated rings. The number of halogens is 2. The fourth-order valence-corrected chi connectivity index (χ4v) is 1.25. The predicted molar refractivity (Wildman–Crippen MR) is 48.7 cm³/mol. The van der Waals surface area contributed by atoms with E-state index in [-0.39, 0.29) is 24.9 Å². The lowest BCUT2D eigenvalue weighted by molar-refractivity contribution is 0.0861. The van der Waals surface area contributed by atoms with E-state index in [4.69, 9.17) is 5.73 Å². The second kappa shape index (κ2) is 5.99. The van der Waals surface area contributed by atoms with Crippen LogP contribution in [0.4, 0.5) is 9.18 Å². The molecule has 6 heteroatoms. The van der Waals surface area contributed by atoms with Gasteiger partial charge in [0.2, 0.25) is 0 Å². The van der Waals surface area contributed by atoms with Crippen LogP contribution in [-0.4, -0.2) is 32.0 Å². The molecule has 0 spiro atoms. The lowest BCUT2D eigenvalue weighted by atomic mass is 9.97. The van der Waals surface area contributed by atoms with Gasteiger partial charge in [-0.1, -0.05) is 0 Å². The number of amides is 1. The average Bonchev–Trinajstić information content (AvgIpc) is 2.03. The average molecular weight is 213 g/mol. The summed E-state index contributed by atoms with van der Waals surface area (Å²) in [6, 6.07) is 0. The van der Waals surface area contributed by atoms with Crippen LogP contribution >= 0.6 is 12.4 Å². The molecule has 0 aliphatic carbocycles. The van der Waals surface area contributed by atoms with E-state index in [1.54, 1.807) is 0 Å². The van der Waals surface area contributed by atoms with Gasteiger partial charge in [0, 0.05) is 12.5 Å². The van der Waals surface area contributed by atoms with Crippen molar-refractivity contribution < 1.29 is 13.9 Å². The van der Waals surface area contributed by atoms with Crippen LogP contribution in [0.15, 0.2) is 0 Å². The summed E-state index contributed by atoms with van der Waals surface area (Å²) in [6.45, 7) is 1.21. The Morgan fingerprint density at radius 1 is 1.69 bits per heavy atom. The zero-order valence-corrected chi connectivity index (χ0v) is 7.98. The topological polar surface area (TPSA) is 64.4 Å². The molecule has 1 saturated heterocycles. The fourth-order valence-electron chi connectivity index (χ4n) is 1.25. The molecule has 3 N–H and O–H groups in total. The molecule has 1 heterocycles. The molecular weight excluding hydrogens is 199 g/mol. The Morgan fingerprint density at radius 3 is 2.92 bits per heavy atom. The lowest BCUT2D eigenvalue weighted by Crippen LogP contribution is -2.40. The number of primary amides is 1. The van der Waals surface area contributed by atoms with E-state index in [9.17, 15) is 9.18 Å². The zero-order valence-electron chi connectivity index (χ0n) is 7.16. The van der Waals surface area contributed by atoms with Crippen molar-refractivity contribution >= 4 is 18.5 Å². The standard InChI is InChI=1S/C7H13FN2O2.ClH/c8-6-3-10-2-1-5(6)4-12-7(9)11;/h5-6,10H,1-4H2,(H2,9,11);1H/t5-,6-;/m1./s1. The number of alkyl halides is 1. The normalized spacial score (nSPS) is 27.5. The maximum Gasteiger partial charge on any atom is 0.404 e. The molecular formula is C7H14ClFN2O2. The SMILES string of the molecule is Cl.NC(=O)OC[C@H]1CCNC[C@H]1F. The highest BCUT2D eigenvalue weighted by molar-refractivity contribution is 5.85. The third kappa shape index (κ3) is 4.28. The molecule has 13 heavy (non-hydrogen) atoms. The summed E-state index contributed by atoms with van der Waals surface area (Å²) in [6.07, 6.45) is -1.08. The van der Waals surface area contributed by atoms with E-state index < -0.39 is 12.3 Å². The van der Waals surface area contributed by atoms with Crippen LogP contribution in [0, 0.1) is 5.92 Å². The summed E-state index contributed by atoms with van der Waals surface area (Å²) >= 11 is 0. The summed E-state index contributed by atoms with van der Waals surface area (Å²) in [5.41, 5.74) is 4.76. The van der Waals surface area contributed by atoms with Crippen LogP contribution in [0.3, 0.4) is 0 Å². The van der Waals surface area contributed by atoms with Gasteiger partial charge in [-0.2, -0.15) is 0 Å². The molecule has 0 aromatic heterocycles. The smallest absolute Gasteiger partial charge is 0.404 e. The highest BCUT2D eigenvalue weighted by Gasteiger charge is 2.25. The maximum atomic E-state index is 13.0. The van der Waals surface area contributed by atoms with Gasteiger partial charge in [0.25, 0.3) is 0 Å².